The molecule has 1 aliphatic rings. The number of halogens is 2. The number of rotatable bonds is 6. The summed E-state index contributed by atoms with van der Waals surface area (Å²) in [6.07, 6.45) is -7.19. The summed E-state index contributed by atoms with van der Waals surface area (Å²) in [5.41, 5.74) is 0.828. The van der Waals surface area contributed by atoms with E-state index in [0.717, 1.165) is 12.5 Å². The Kier molecular flexibility index (Phi) is 6.60. The van der Waals surface area contributed by atoms with Crippen molar-refractivity contribution in [1.29, 1.82) is 0 Å². The molecule has 0 radical (unpaired) electrons. The van der Waals surface area contributed by atoms with Crippen molar-refractivity contribution in [2.75, 3.05) is 6.61 Å². The van der Waals surface area contributed by atoms with E-state index in [1.165, 1.54) is 19.1 Å². The lowest BCUT2D eigenvalue weighted by molar-refractivity contribution is -0.279. The van der Waals surface area contributed by atoms with Gasteiger partial charge in [0.05, 0.1) is 23.6 Å². The predicted octanol–water partition coefficient (Wildman–Crippen LogP) is 0.415. The van der Waals surface area contributed by atoms with Gasteiger partial charge < -0.3 is 20.1 Å². The molecule has 0 aliphatic carbocycles. The number of aliphatic hydroxyl groups is 3. The molecular weight excluding hydrogens is 384 g/mol. The molecule has 27 heavy (non-hydrogen) atoms. The van der Waals surface area contributed by atoms with Crippen LogP contribution in [-0.2, 0) is 14.8 Å². The smallest absolute Gasteiger partial charge is 0.240 e. The summed E-state index contributed by atoms with van der Waals surface area (Å²) < 4.78 is 61.6. The average molecular weight is 409 g/mol. The molecule has 0 saturated carbocycles. The Morgan fingerprint density at radius 2 is 1.85 bits per heavy atom. The van der Waals surface area contributed by atoms with Gasteiger partial charge in [-0.1, -0.05) is 24.6 Å². The molecule has 1 heterocycles. The van der Waals surface area contributed by atoms with Gasteiger partial charge >= 0.3 is 0 Å². The van der Waals surface area contributed by atoms with Gasteiger partial charge in [0.25, 0.3) is 0 Å². The molecule has 1 aromatic rings. The lowest BCUT2D eigenvalue weighted by atomic mass is 9.83. The van der Waals surface area contributed by atoms with Crippen molar-refractivity contribution >= 4 is 10.0 Å². The SMILES string of the molecule is Cc1ccc(S(=O)(=O)N[C@H]2C(F)C(C)(F)O[C@@H]([C@H](O)[C@H](O)CO)[C@@H]2C)cc1. The molecule has 1 aliphatic heterocycles. The highest BCUT2D eigenvalue weighted by Gasteiger charge is 2.55. The number of benzene rings is 1. The van der Waals surface area contributed by atoms with Crippen LogP contribution in [0.4, 0.5) is 8.78 Å². The maximum atomic E-state index is 14.7. The van der Waals surface area contributed by atoms with Crippen LogP contribution in [0.1, 0.15) is 19.4 Å². The zero-order valence-electron chi connectivity index (χ0n) is 15.2. The van der Waals surface area contributed by atoms with Crippen LogP contribution in [0.2, 0.25) is 0 Å². The van der Waals surface area contributed by atoms with Crippen LogP contribution in [0.15, 0.2) is 29.2 Å². The second-order valence-electron chi connectivity index (χ2n) is 7.03. The van der Waals surface area contributed by atoms with Gasteiger partial charge in [-0.2, -0.15) is 0 Å². The fraction of sp³-hybridized carbons (Fsp3) is 0.647. The maximum absolute atomic E-state index is 14.7. The Morgan fingerprint density at radius 1 is 1.30 bits per heavy atom. The van der Waals surface area contributed by atoms with E-state index in [-0.39, 0.29) is 4.90 Å². The molecule has 4 N–H and O–H groups in total. The monoisotopic (exact) mass is 409 g/mol. The molecule has 0 bridgehead atoms. The molecule has 2 rings (SSSR count). The standard InChI is InChI=1S/C17H25F2NO6S/c1-9-4-6-11(7-5-9)27(24,25)20-13-10(2)15(14(23)12(22)8-21)26-17(3,19)16(13)18/h4-7,10,12-16,20-23H,8H2,1-3H3/t10-,12-,13-,14-,15-,16?,17?/m1/s1. The van der Waals surface area contributed by atoms with Gasteiger partial charge in [-0.25, -0.2) is 21.9 Å². The maximum Gasteiger partial charge on any atom is 0.240 e. The van der Waals surface area contributed by atoms with Crippen LogP contribution in [-0.4, -0.2) is 66.7 Å². The number of alkyl halides is 2. The minimum atomic E-state index is -4.17. The lowest BCUT2D eigenvalue weighted by Gasteiger charge is -2.46. The van der Waals surface area contributed by atoms with Gasteiger partial charge in [-0.05, 0) is 26.0 Å². The van der Waals surface area contributed by atoms with Crippen molar-refractivity contribution in [3.05, 3.63) is 29.8 Å². The number of hydrogen-bond donors (Lipinski definition) is 4. The van der Waals surface area contributed by atoms with Gasteiger partial charge in [0.2, 0.25) is 15.9 Å². The highest BCUT2D eigenvalue weighted by Crippen LogP contribution is 2.38. The van der Waals surface area contributed by atoms with E-state index in [1.54, 1.807) is 19.1 Å². The van der Waals surface area contributed by atoms with Crippen molar-refractivity contribution in [1.82, 2.24) is 4.72 Å². The van der Waals surface area contributed by atoms with Crippen molar-refractivity contribution in [3.8, 4) is 0 Å². The second kappa shape index (κ2) is 8.06. The quantitative estimate of drug-likeness (QED) is 0.541. The van der Waals surface area contributed by atoms with Crippen LogP contribution in [0, 0.1) is 12.8 Å². The van der Waals surface area contributed by atoms with Crippen molar-refractivity contribution < 1.29 is 37.3 Å². The number of nitrogens with one attached hydrogen (secondary N) is 1. The Morgan fingerprint density at radius 3 is 2.37 bits per heavy atom. The van der Waals surface area contributed by atoms with Crippen LogP contribution in [0.25, 0.3) is 0 Å². The third kappa shape index (κ3) is 4.64. The summed E-state index contributed by atoms with van der Waals surface area (Å²) in [5.74, 6) is -3.95. The van der Waals surface area contributed by atoms with Gasteiger partial charge in [0.1, 0.15) is 12.2 Å². The minimum Gasteiger partial charge on any atom is -0.394 e. The largest absolute Gasteiger partial charge is 0.394 e. The molecule has 10 heteroatoms. The molecule has 7 nitrogen and oxygen atoms in total. The van der Waals surface area contributed by atoms with Gasteiger partial charge in [-0.3, -0.25) is 0 Å². The minimum absolute atomic E-state index is 0.118. The Hall–Kier alpha value is -1.17. The first-order valence-corrected chi connectivity index (χ1v) is 9.96. The first-order chi connectivity index (χ1) is 12.4. The van der Waals surface area contributed by atoms with Crippen LogP contribution < -0.4 is 4.72 Å². The molecule has 0 spiro atoms. The molecule has 1 aromatic carbocycles. The summed E-state index contributed by atoms with van der Waals surface area (Å²) in [6, 6.07) is 4.25. The first-order valence-electron chi connectivity index (χ1n) is 8.47. The van der Waals surface area contributed by atoms with Crippen LogP contribution in [0.3, 0.4) is 0 Å². The predicted molar refractivity (Wildman–Crippen MR) is 92.8 cm³/mol. The molecule has 1 fully saturated rings. The molecule has 0 amide bonds. The van der Waals surface area contributed by atoms with E-state index in [2.05, 4.69) is 4.72 Å². The summed E-state index contributed by atoms with van der Waals surface area (Å²) in [6.45, 7) is 3.09. The fourth-order valence-corrected chi connectivity index (χ4v) is 4.39. The summed E-state index contributed by atoms with van der Waals surface area (Å²) in [7, 11) is -4.17. The fourth-order valence-electron chi connectivity index (χ4n) is 3.07. The third-order valence-electron chi connectivity index (χ3n) is 4.80. The lowest BCUT2D eigenvalue weighted by Crippen LogP contribution is -2.65. The summed E-state index contributed by atoms with van der Waals surface area (Å²) >= 11 is 0. The first kappa shape index (κ1) is 22.1. The molecule has 2 unspecified atom stereocenters. The number of sulfonamides is 1. The highest BCUT2D eigenvalue weighted by atomic mass is 32.2. The number of aliphatic hydroxyl groups excluding tert-OH is 3. The number of aryl methyl sites for hydroxylation is 1. The molecule has 7 atom stereocenters. The van der Waals surface area contributed by atoms with Crippen molar-refractivity contribution in [2.45, 2.75) is 62.0 Å². The topological polar surface area (TPSA) is 116 Å². The zero-order valence-corrected chi connectivity index (χ0v) is 16.0. The summed E-state index contributed by atoms with van der Waals surface area (Å²) in [4.78, 5) is -0.118. The zero-order chi connectivity index (χ0) is 20.6. The van der Waals surface area contributed by atoms with Crippen LogP contribution in [0.5, 0.6) is 0 Å². The molecule has 1 saturated heterocycles. The third-order valence-corrected chi connectivity index (χ3v) is 6.27. The van der Waals surface area contributed by atoms with Gasteiger partial charge in [0, 0.05) is 5.92 Å². The average Bonchev–Trinajstić information content (AvgIpc) is 2.61. The second-order valence-corrected chi connectivity index (χ2v) is 8.74. The van der Waals surface area contributed by atoms with Gasteiger partial charge in [0.15, 0.2) is 6.17 Å². The van der Waals surface area contributed by atoms with E-state index in [0.29, 0.717) is 0 Å². The van der Waals surface area contributed by atoms with Crippen LogP contribution >= 0.6 is 0 Å². The Balaban J connectivity index is 2.33. The number of ether oxygens (including phenoxy) is 1. The van der Waals surface area contributed by atoms with E-state index in [9.17, 15) is 27.4 Å². The summed E-state index contributed by atoms with van der Waals surface area (Å²) in [5, 5.41) is 28.7. The highest BCUT2D eigenvalue weighted by molar-refractivity contribution is 7.89. The van der Waals surface area contributed by atoms with E-state index in [1.807, 2.05) is 0 Å². The van der Waals surface area contributed by atoms with Crippen molar-refractivity contribution in [3.63, 3.8) is 0 Å². The van der Waals surface area contributed by atoms with Crippen molar-refractivity contribution in [2.24, 2.45) is 5.92 Å². The van der Waals surface area contributed by atoms with Gasteiger partial charge in [-0.15, -0.1) is 0 Å². The van der Waals surface area contributed by atoms with E-state index in [4.69, 9.17) is 9.84 Å². The molecular formula is C17H25F2NO6S. The van der Waals surface area contributed by atoms with E-state index >= 15 is 0 Å². The molecule has 0 aromatic heterocycles. The van der Waals surface area contributed by atoms with E-state index < -0.39 is 58.9 Å². The Bertz CT molecular complexity index is 742. The normalized spacial score (nSPS) is 34.2. The number of hydrogen-bond acceptors (Lipinski definition) is 6. The molecule has 154 valence electrons. The Labute approximate surface area is 157 Å².